The fourth-order valence-corrected chi connectivity index (χ4v) is 2.65. The summed E-state index contributed by atoms with van der Waals surface area (Å²) in [5, 5.41) is 9.35. The van der Waals surface area contributed by atoms with Crippen LogP contribution >= 0.6 is 11.6 Å². The molecule has 1 saturated carbocycles. The van der Waals surface area contributed by atoms with Gasteiger partial charge in [-0.1, -0.05) is 24.4 Å². The van der Waals surface area contributed by atoms with E-state index in [-0.39, 0.29) is 11.8 Å². The molecule has 6 heteroatoms. The molecule has 0 unspecified atom stereocenters. The third kappa shape index (κ3) is 2.62. The highest BCUT2D eigenvalue weighted by molar-refractivity contribution is 6.32. The molecule has 1 aliphatic rings. The van der Waals surface area contributed by atoms with E-state index >= 15 is 0 Å². The molecule has 0 spiro atoms. The zero-order valence-electron chi connectivity index (χ0n) is 10.0. The van der Waals surface area contributed by atoms with E-state index < -0.39 is 0 Å². The van der Waals surface area contributed by atoms with Gasteiger partial charge < -0.3 is 10.0 Å². The molecule has 0 bridgehead atoms. The summed E-state index contributed by atoms with van der Waals surface area (Å²) in [6, 6.07) is 0.321. The van der Waals surface area contributed by atoms with Crippen LogP contribution in [0.25, 0.3) is 0 Å². The number of hydrogen-bond donors (Lipinski definition) is 1. The Hall–Kier alpha value is -1.20. The van der Waals surface area contributed by atoms with Gasteiger partial charge in [-0.25, -0.2) is 9.97 Å². The Bertz CT molecular complexity index is 422. The quantitative estimate of drug-likeness (QED) is 0.651. The molecule has 2 rings (SSSR count). The first kappa shape index (κ1) is 13.2. The van der Waals surface area contributed by atoms with E-state index in [4.69, 9.17) is 11.6 Å². The van der Waals surface area contributed by atoms with Crippen molar-refractivity contribution in [2.45, 2.75) is 31.7 Å². The van der Waals surface area contributed by atoms with Crippen LogP contribution in [-0.2, 0) is 0 Å². The molecule has 0 aromatic carbocycles. The minimum absolute atomic E-state index is 0.0242. The molecule has 98 valence electrons. The minimum Gasteiger partial charge on any atom is -0.395 e. The lowest BCUT2D eigenvalue weighted by atomic mass is 10.2. The van der Waals surface area contributed by atoms with Crippen LogP contribution in [0.1, 0.15) is 36.0 Å². The number of halogens is 1. The van der Waals surface area contributed by atoms with Crippen LogP contribution in [0.2, 0.25) is 5.15 Å². The maximum Gasteiger partial charge on any atom is 0.156 e. The highest BCUT2D eigenvalue weighted by Gasteiger charge is 2.26. The smallest absolute Gasteiger partial charge is 0.156 e. The predicted molar refractivity (Wildman–Crippen MR) is 69.1 cm³/mol. The van der Waals surface area contributed by atoms with Gasteiger partial charge in [0.15, 0.2) is 6.29 Å². The van der Waals surface area contributed by atoms with E-state index in [9.17, 15) is 9.90 Å². The molecule has 1 heterocycles. The summed E-state index contributed by atoms with van der Waals surface area (Å²) < 4.78 is 0. The minimum atomic E-state index is 0.0242. The molecule has 1 N–H and O–H groups in total. The van der Waals surface area contributed by atoms with Crippen molar-refractivity contribution in [3.05, 3.63) is 17.0 Å². The highest BCUT2D eigenvalue weighted by atomic mass is 35.5. The second-order valence-electron chi connectivity index (χ2n) is 4.37. The molecule has 1 aromatic heterocycles. The second kappa shape index (κ2) is 6.11. The van der Waals surface area contributed by atoms with Crippen molar-refractivity contribution in [1.29, 1.82) is 0 Å². The lowest BCUT2D eigenvalue weighted by molar-refractivity contribution is 0.112. The monoisotopic (exact) mass is 269 g/mol. The molecule has 0 atom stereocenters. The van der Waals surface area contributed by atoms with E-state index in [2.05, 4.69) is 9.97 Å². The molecular formula is C12H16ClN3O2. The Morgan fingerprint density at radius 3 is 2.78 bits per heavy atom. The molecule has 1 aliphatic carbocycles. The van der Waals surface area contributed by atoms with Gasteiger partial charge in [0.1, 0.15) is 17.3 Å². The number of anilines is 1. The third-order valence-corrected chi connectivity index (χ3v) is 3.61. The van der Waals surface area contributed by atoms with E-state index in [1.165, 1.54) is 19.2 Å². The van der Waals surface area contributed by atoms with Crippen molar-refractivity contribution < 1.29 is 9.90 Å². The van der Waals surface area contributed by atoms with E-state index in [0.717, 1.165) is 12.8 Å². The van der Waals surface area contributed by atoms with Crippen molar-refractivity contribution >= 4 is 23.7 Å². The molecule has 0 saturated heterocycles. The van der Waals surface area contributed by atoms with Crippen LogP contribution in [0, 0.1) is 0 Å². The molecule has 0 aliphatic heterocycles. The third-order valence-electron chi connectivity index (χ3n) is 3.31. The van der Waals surface area contributed by atoms with Crippen LogP contribution < -0.4 is 4.90 Å². The largest absolute Gasteiger partial charge is 0.395 e. The summed E-state index contributed by atoms with van der Waals surface area (Å²) in [7, 11) is 0. The number of aromatic nitrogens is 2. The summed E-state index contributed by atoms with van der Waals surface area (Å²) in [4.78, 5) is 21.1. The number of hydrogen-bond acceptors (Lipinski definition) is 5. The molecule has 1 fully saturated rings. The summed E-state index contributed by atoms with van der Waals surface area (Å²) in [5.74, 6) is 0.533. The van der Waals surface area contributed by atoms with Crippen molar-refractivity contribution in [2.75, 3.05) is 18.1 Å². The van der Waals surface area contributed by atoms with Crippen LogP contribution in [0.4, 0.5) is 5.82 Å². The first-order chi connectivity index (χ1) is 8.77. The number of carbonyl (C=O) groups excluding carboxylic acids is 1. The van der Waals surface area contributed by atoms with Gasteiger partial charge in [-0.2, -0.15) is 0 Å². The van der Waals surface area contributed by atoms with Crippen molar-refractivity contribution in [3.8, 4) is 0 Å². The molecule has 1 aromatic rings. The Kier molecular flexibility index (Phi) is 4.49. The zero-order chi connectivity index (χ0) is 13.0. The first-order valence-electron chi connectivity index (χ1n) is 6.11. The second-order valence-corrected chi connectivity index (χ2v) is 4.73. The standard InChI is InChI=1S/C12H16ClN3O2/c13-11-10(7-18)12(15-8-14-11)16(5-6-17)9-3-1-2-4-9/h7-9,17H,1-6H2. The highest BCUT2D eigenvalue weighted by Crippen LogP contribution is 2.29. The number of aldehydes is 1. The zero-order valence-corrected chi connectivity index (χ0v) is 10.8. The topological polar surface area (TPSA) is 66.3 Å². The number of aliphatic hydroxyl groups is 1. The van der Waals surface area contributed by atoms with Gasteiger partial charge in [-0.05, 0) is 12.8 Å². The number of nitrogens with zero attached hydrogens (tertiary/aromatic N) is 3. The van der Waals surface area contributed by atoms with Crippen molar-refractivity contribution in [1.82, 2.24) is 9.97 Å². The van der Waals surface area contributed by atoms with Crippen molar-refractivity contribution in [3.63, 3.8) is 0 Å². The SMILES string of the molecule is O=Cc1c(Cl)ncnc1N(CCO)C1CCCC1. The van der Waals surface area contributed by atoms with Gasteiger partial charge >= 0.3 is 0 Å². The summed E-state index contributed by atoms with van der Waals surface area (Å²) >= 11 is 5.91. The maximum atomic E-state index is 11.1. The average molecular weight is 270 g/mol. The molecule has 5 nitrogen and oxygen atoms in total. The Morgan fingerprint density at radius 1 is 1.44 bits per heavy atom. The van der Waals surface area contributed by atoms with E-state index in [1.807, 2.05) is 4.90 Å². The molecule has 0 radical (unpaired) electrons. The average Bonchev–Trinajstić information content (AvgIpc) is 2.89. The van der Waals surface area contributed by atoms with Gasteiger partial charge in [0.05, 0.1) is 12.2 Å². The molecular weight excluding hydrogens is 254 g/mol. The Labute approximate surface area is 111 Å². The van der Waals surface area contributed by atoms with Crippen LogP contribution in [0.15, 0.2) is 6.33 Å². The summed E-state index contributed by atoms with van der Waals surface area (Å²) in [5.41, 5.74) is 0.305. The Morgan fingerprint density at radius 2 is 2.17 bits per heavy atom. The lowest BCUT2D eigenvalue weighted by Gasteiger charge is -2.30. The van der Waals surface area contributed by atoms with E-state index in [1.54, 1.807) is 0 Å². The fourth-order valence-electron chi connectivity index (χ4n) is 2.48. The van der Waals surface area contributed by atoms with Gasteiger partial charge in [0.25, 0.3) is 0 Å². The molecule has 18 heavy (non-hydrogen) atoms. The molecule has 0 amide bonds. The number of carbonyl (C=O) groups is 1. The van der Waals surface area contributed by atoms with Gasteiger partial charge in [-0.15, -0.1) is 0 Å². The summed E-state index contributed by atoms with van der Waals surface area (Å²) in [6.45, 7) is 0.481. The Balaban J connectivity index is 2.35. The normalized spacial score (nSPS) is 15.9. The van der Waals surface area contributed by atoms with Crippen molar-refractivity contribution in [2.24, 2.45) is 0 Å². The van der Waals surface area contributed by atoms with Crippen LogP contribution in [0.3, 0.4) is 0 Å². The first-order valence-corrected chi connectivity index (χ1v) is 6.49. The fraction of sp³-hybridized carbons (Fsp3) is 0.583. The van der Waals surface area contributed by atoms with Gasteiger partial charge in [0.2, 0.25) is 0 Å². The van der Waals surface area contributed by atoms with Gasteiger partial charge in [-0.3, -0.25) is 4.79 Å². The van der Waals surface area contributed by atoms with E-state index in [0.29, 0.717) is 30.3 Å². The summed E-state index contributed by atoms with van der Waals surface area (Å²) in [6.07, 6.45) is 6.48. The van der Waals surface area contributed by atoms with Crippen LogP contribution in [0.5, 0.6) is 0 Å². The number of aliphatic hydroxyl groups excluding tert-OH is 1. The van der Waals surface area contributed by atoms with Gasteiger partial charge in [0, 0.05) is 12.6 Å². The predicted octanol–water partition coefficient (Wildman–Crippen LogP) is 1.68. The number of rotatable bonds is 5. The lowest BCUT2D eigenvalue weighted by Crippen LogP contribution is -2.37. The van der Waals surface area contributed by atoms with Crippen LogP contribution in [-0.4, -0.2) is 40.6 Å². The maximum absolute atomic E-state index is 11.1.